The normalized spacial score (nSPS) is 9.65. The molecule has 0 N–H and O–H groups in total. The van der Waals surface area contributed by atoms with E-state index < -0.39 is 16.9 Å². The lowest BCUT2D eigenvalue weighted by molar-refractivity contribution is -0.384. The van der Waals surface area contributed by atoms with Crippen LogP contribution in [-0.2, 0) is 14.3 Å². The van der Waals surface area contributed by atoms with E-state index in [4.69, 9.17) is 4.74 Å². The Bertz CT molecular complexity index is 534. The van der Waals surface area contributed by atoms with Crippen molar-refractivity contribution < 1.29 is 24.0 Å². The van der Waals surface area contributed by atoms with Gasteiger partial charge >= 0.3 is 11.9 Å². The molecule has 0 heterocycles. The molecule has 7 heteroatoms. The van der Waals surface area contributed by atoms with Gasteiger partial charge in [-0.3, -0.25) is 14.9 Å². The van der Waals surface area contributed by atoms with Crippen LogP contribution in [-0.4, -0.2) is 23.5 Å². The van der Waals surface area contributed by atoms with Crippen molar-refractivity contribution in [2.75, 3.05) is 6.61 Å². The van der Waals surface area contributed by atoms with Crippen LogP contribution in [0.15, 0.2) is 36.4 Å². The Kier molecular flexibility index (Phi) is 5.40. The Morgan fingerprint density at radius 2 is 1.90 bits per heavy atom. The van der Waals surface area contributed by atoms with Crippen LogP contribution in [0, 0.1) is 10.1 Å². The Balaban J connectivity index is 2.56. The fourth-order valence-electron chi connectivity index (χ4n) is 1.28. The van der Waals surface area contributed by atoms with Crippen molar-refractivity contribution in [1.82, 2.24) is 0 Å². The van der Waals surface area contributed by atoms with Gasteiger partial charge in [0, 0.05) is 17.7 Å². The van der Waals surface area contributed by atoms with Crippen LogP contribution in [0.2, 0.25) is 0 Å². The van der Waals surface area contributed by atoms with Crippen LogP contribution in [0.3, 0.4) is 0 Å². The number of ether oxygens (including phenoxy) is 2. The van der Waals surface area contributed by atoms with E-state index in [0.717, 1.165) is 0 Å². The van der Waals surface area contributed by atoms with E-state index in [0.29, 0.717) is 0 Å². The maximum atomic E-state index is 11.5. The summed E-state index contributed by atoms with van der Waals surface area (Å²) in [6.07, 6.45) is -0.310. The number of nitrogens with zero attached hydrogens (tertiary/aromatic N) is 1. The molecule has 1 rings (SSSR count). The zero-order chi connectivity index (χ0) is 15.1. The van der Waals surface area contributed by atoms with Crippen LogP contribution in [0.4, 0.5) is 5.69 Å². The number of nitro benzene ring substituents is 1. The van der Waals surface area contributed by atoms with Crippen molar-refractivity contribution in [1.29, 1.82) is 0 Å². The minimum absolute atomic E-state index is 0.0150. The van der Waals surface area contributed by atoms with Gasteiger partial charge in [0.25, 0.3) is 5.69 Å². The van der Waals surface area contributed by atoms with Crippen molar-refractivity contribution in [2.45, 2.75) is 13.3 Å². The van der Waals surface area contributed by atoms with Gasteiger partial charge in [0.1, 0.15) is 5.75 Å². The predicted octanol–water partition coefficient (Wildman–Crippen LogP) is 2.01. The fraction of sp³-hybridized carbons (Fsp3) is 0.231. The summed E-state index contributed by atoms with van der Waals surface area (Å²) >= 11 is 0. The molecule has 20 heavy (non-hydrogen) atoms. The maximum Gasteiger partial charge on any atom is 0.333 e. The van der Waals surface area contributed by atoms with E-state index in [1.165, 1.54) is 24.3 Å². The van der Waals surface area contributed by atoms with Crippen LogP contribution < -0.4 is 4.74 Å². The Labute approximate surface area is 114 Å². The molecule has 1 aromatic carbocycles. The number of nitro groups is 1. The van der Waals surface area contributed by atoms with E-state index in [9.17, 15) is 19.7 Å². The Hall–Kier alpha value is -2.70. The van der Waals surface area contributed by atoms with Gasteiger partial charge in [0.15, 0.2) is 0 Å². The molecule has 0 bridgehead atoms. The van der Waals surface area contributed by atoms with Gasteiger partial charge in [0.2, 0.25) is 0 Å². The third-order valence-electron chi connectivity index (χ3n) is 2.20. The van der Waals surface area contributed by atoms with E-state index >= 15 is 0 Å². The second kappa shape index (κ2) is 7.03. The lowest BCUT2D eigenvalue weighted by Crippen LogP contribution is -2.14. The first-order valence-corrected chi connectivity index (χ1v) is 5.74. The molecule has 0 aliphatic heterocycles. The van der Waals surface area contributed by atoms with E-state index in [2.05, 4.69) is 11.3 Å². The van der Waals surface area contributed by atoms with Gasteiger partial charge in [0.05, 0.1) is 18.0 Å². The SMILES string of the molecule is C=C(CC(=O)Oc1ccc([N+](=O)[O-])cc1)C(=O)OCC. The average molecular weight is 279 g/mol. The number of carbonyl (C=O) groups excluding carboxylic acids is 2. The largest absolute Gasteiger partial charge is 0.463 e. The fourth-order valence-corrected chi connectivity index (χ4v) is 1.28. The molecule has 1 aromatic rings. The first-order chi connectivity index (χ1) is 9.43. The van der Waals surface area contributed by atoms with Crippen LogP contribution in [0.5, 0.6) is 5.75 Å². The van der Waals surface area contributed by atoms with Crippen molar-refractivity contribution in [3.05, 3.63) is 46.5 Å². The number of carbonyl (C=O) groups is 2. The van der Waals surface area contributed by atoms with Crippen molar-refractivity contribution in [2.24, 2.45) is 0 Å². The molecule has 0 amide bonds. The highest BCUT2D eigenvalue weighted by Crippen LogP contribution is 2.18. The van der Waals surface area contributed by atoms with E-state index in [1.54, 1.807) is 6.92 Å². The molecular formula is C13H13NO6. The van der Waals surface area contributed by atoms with E-state index in [1.807, 2.05) is 0 Å². The summed E-state index contributed by atoms with van der Waals surface area (Å²) in [4.78, 5) is 32.7. The molecule has 0 saturated carbocycles. The van der Waals surface area contributed by atoms with Gasteiger partial charge in [-0.2, -0.15) is 0 Å². The van der Waals surface area contributed by atoms with Crippen LogP contribution >= 0.6 is 0 Å². The molecule has 7 nitrogen and oxygen atoms in total. The molecule has 0 aliphatic rings. The maximum absolute atomic E-state index is 11.5. The number of hydrogen-bond donors (Lipinski definition) is 0. The Morgan fingerprint density at radius 1 is 1.30 bits per heavy atom. The van der Waals surface area contributed by atoms with Crippen molar-refractivity contribution in [3.8, 4) is 5.75 Å². The number of rotatable bonds is 6. The third kappa shape index (κ3) is 4.52. The highest BCUT2D eigenvalue weighted by molar-refractivity contribution is 5.93. The van der Waals surface area contributed by atoms with Crippen LogP contribution in [0.25, 0.3) is 0 Å². The summed E-state index contributed by atoms with van der Waals surface area (Å²) in [7, 11) is 0. The molecule has 0 saturated heterocycles. The molecule has 0 fully saturated rings. The monoisotopic (exact) mass is 279 g/mol. The minimum Gasteiger partial charge on any atom is -0.463 e. The van der Waals surface area contributed by atoms with Gasteiger partial charge < -0.3 is 9.47 Å². The smallest absolute Gasteiger partial charge is 0.333 e. The van der Waals surface area contributed by atoms with Gasteiger partial charge in [-0.25, -0.2) is 4.79 Å². The zero-order valence-corrected chi connectivity index (χ0v) is 10.8. The Morgan fingerprint density at radius 3 is 2.40 bits per heavy atom. The average Bonchev–Trinajstić information content (AvgIpc) is 2.39. The summed E-state index contributed by atoms with van der Waals surface area (Å²) in [6, 6.07) is 5.01. The molecule has 0 atom stereocenters. The van der Waals surface area contributed by atoms with E-state index in [-0.39, 0.29) is 30.0 Å². The van der Waals surface area contributed by atoms with Gasteiger partial charge in [-0.15, -0.1) is 0 Å². The number of hydrogen-bond acceptors (Lipinski definition) is 6. The van der Waals surface area contributed by atoms with Gasteiger partial charge in [-0.05, 0) is 19.1 Å². The second-order valence-corrected chi connectivity index (χ2v) is 3.73. The minimum atomic E-state index is -0.697. The molecule has 0 radical (unpaired) electrons. The molecule has 0 aliphatic carbocycles. The summed E-state index contributed by atoms with van der Waals surface area (Å²) in [5, 5.41) is 10.5. The lowest BCUT2D eigenvalue weighted by Gasteiger charge is -2.06. The first-order valence-electron chi connectivity index (χ1n) is 5.74. The van der Waals surface area contributed by atoms with Crippen molar-refractivity contribution >= 4 is 17.6 Å². The number of non-ortho nitro benzene ring substituents is 1. The first kappa shape index (κ1) is 15.4. The second-order valence-electron chi connectivity index (χ2n) is 3.73. The molecule has 0 unspecified atom stereocenters. The summed E-state index contributed by atoms with van der Waals surface area (Å²) in [5.74, 6) is -1.21. The lowest BCUT2D eigenvalue weighted by atomic mass is 10.2. The standard InChI is InChI=1S/C13H13NO6/c1-3-19-13(16)9(2)8-12(15)20-11-6-4-10(5-7-11)14(17)18/h4-7H,2-3,8H2,1H3. The molecule has 0 aromatic heterocycles. The quantitative estimate of drug-likeness (QED) is 0.260. The topological polar surface area (TPSA) is 95.7 Å². The zero-order valence-electron chi connectivity index (χ0n) is 10.8. The molecule has 106 valence electrons. The van der Waals surface area contributed by atoms with Gasteiger partial charge in [-0.1, -0.05) is 6.58 Å². The molecule has 0 spiro atoms. The highest BCUT2D eigenvalue weighted by Gasteiger charge is 2.15. The third-order valence-corrected chi connectivity index (χ3v) is 2.20. The van der Waals surface area contributed by atoms with Crippen molar-refractivity contribution in [3.63, 3.8) is 0 Å². The number of benzene rings is 1. The number of esters is 2. The summed E-state index contributed by atoms with van der Waals surface area (Å²) in [6.45, 7) is 5.26. The van der Waals surface area contributed by atoms with Crippen LogP contribution in [0.1, 0.15) is 13.3 Å². The summed E-state index contributed by atoms with van der Waals surface area (Å²) in [5.41, 5.74) is -0.125. The highest BCUT2D eigenvalue weighted by atomic mass is 16.6. The summed E-state index contributed by atoms with van der Waals surface area (Å²) < 4.78 is 9.59. The molecular weight excluding hydrogens is 266 g/mol. The predicted molar refractivity (Wildman–Crippen MR) is 69.1 cm³/mol.